The molecule has 0 aromatic rings. The monoisotopic (exact) mass is 158 g/mol. The van der Waals surface area contributed by atoms with Crippen molar-refractivity contribution in [1.29, 1.82) is 0 Å². The Hall–Kier alpha value is -0.0800. The van der Waals surface area contributed by atoms with E-state index in [1.807, 2.05) is 0 Å². The Kier molecular flexibility index (Phi) is 3.87. The SMILES string of the molecule is CCCCCOCC1OC1C. The van der Waals surface area contributed by atoms with Gasteiger partial charge in [0.1, 0.15) is 6.10 Å². The Morgan fingerprint density at radius 1 is 1.36 bits per heavy atom. The predicted molar refractivity (Wildman–Crippen MR) is 44.7 cm³/mol. The second kappa shape index (κ2) is 4.73. The molecule has 1 aliphatic rings. The first-order valence-electron chi connectivity index (χ1n) is 4.57. The van der Waals surface area contributed by atoms with Crippen molar-refractivity contribution in [3.63, 3.8) is 0 Å². The van der Waals surface area contributed by atoms with E-state index in [1.165, 1.54) is 19.3 Å². The molecule has 0 N–H and O–H groups in total. The Balaban J connectivity index is 1.74. The van der Waals surface area contributed by atoms with E-state index in [-0.39, 0.29) is 0 Å². The highest BCUT2D eigenvalue weighted by Crippen LogP contribution is 2.20. The van der Waals surface area contributed by atoms with Crippen LogP contribution in [0.25, 0.3) is 0 Å². The topological polar surface area (TPSA) is 21.8 Å². The third-order valence-electron chi connectivity index (χ3n) is 2.01. The van der Waals surface area contributed by atoms with Crippen molar-refractivity contribution < 1.29 is 9.47 Å². The molecule has 11 heavy (non-hydrogen) atoms. The highest BCUT2D eigenvalue weighted by Gasteiger charge is 2.33. The van der Waals surface area contributed by atoms with Gasteiger partial charge in [-0.1, -0.05) is 19.8 Å². The normalized spacial score (nSPS) is 28.9. The number of ether oxygens (including phenoxy) is 2. The Bertz CT molecular complexity index is 104. The molecule has 0 radical (unpaired) electrons. The van der Waals surface area contributed by atoms with Crippen LogP contribution in [0.2, 0.25) is 0 Å². The zero-order valence-electron chi connectivity index (χ0n) is 7.51. The highest BCUT2D eigenvalue weighted by atomic mass is 16.6. The summed E-state index contributed by atoms with van der Waals surface area (Å²) in [6.45, 7) is 5.98. The maximum absolute atomic E-state index is 5.41. The van der Waals surface area contributed by atoms with Crippen LogP contribution in [0.1, 0.15) is 33.1 Å². The first-order chi connectivity index (χ1) is 5.34. The molecule has 0 aromatic carbocycles. The molecule has 2 heteroatoms. The van der Waals surface area contributed by atoms with E-state index in [4.69, 9.17) is 9.47 Å². The molecule has 0 aromatic heterocycles. The van der Waals surface area contributed by atoms with Crippen molar-refractivity contribution >= 4 is 0 Å². The van der Waals surface area contributed by atoms with Gasteiger partial charge in [-0.05, 0) is 13.3 Å². The molecule has 1 saturated heterocycles. The maximum atomic E-state index is 5.41. The molecule has 1 rings (SSSR count). The molecule has 2 nitrogen and oxygen atoms in total. The highest BCUT2D eigenvalue weighted by molar-refractivity contribution is 4.79. The van der Waals surface area contributed by atoms with E-state index in [0.717, 1.165) is 13.2 Å². The summed E-state index contributed by atoms with van der Waals surface area (Å²) in [6.07, 6.45) is 4.58. The van der Waals surface area contributed by atoms with Crippen molar-refractivity contribution in [2.75, 3.05) is 13.2 Å². The van der Waals surface area contributed by atoms with Crippen LogP contribution < -0.4 is 0 Å². The lowest BCUT2D eigenvalue weighted by Crippen LogP contribution is -2.04. The minimum Gasteiger partial charge on any atom is -0.379 e. The fourth-order valence-electron chi connectivity index (χ4n) is 1.06. The summed E-state index contributed by atoms with van der Waals surface area (Å²) in [5, 5.41) is 0. The lowest BCUT2D eigenvalue weighted by atomic mass is 10.3. The fraction of sp³-hybridized carbons (Fsp3) is 1.00. The average molecular weight is 158 g/mol. The Labute approximate surface area is 68.9 Å². The number of hydrogen-bond acceptors (Lipinski definition) is 2. The van der Waals surface area contributed by atoms with E-state index in [0.29, 0.717) is 12.2 Å². The number of epoxide rings is 1. The van der Waals surface area contributed by atoms with Gasteiger partial charge in [0.15, 0.2) is 0 Å². The molecule has 0 bridgehead atoms. The van der Waals surface area contributed by atoms with Crippen LogP contribution in [0.5, 0.6) is 0 Å². The van der Waals surface area contributed by atoms with Gasteiger partial charge in [0.2, 0.25) is 0 Å². The second-order valence-electron chi connectivity index (χ2n) is 3.16. The minimum atomic E-state index is 0.400. The molecule has 1 fully saturated rings. The van der Waals surface area contributed by atoms with Crippen molar-refractivity contribution in [3.8, 4) is 0 Å². The lowest BCUT2D eigenvalue weighted by molar-refractivity contribution is 0.113. The molecule has 0 aliphatic carbocycles. The van der Waals surface area contributed by atoms with E-state index >= 15 is 0 Å². The third kappa shape index (κ3) is 3.73. The van der Waals surface area contributed by atoms with E-state index in [2.05, 4.69) is 13.8 Å². The standard InChI is InChI=1S/C9H18O2/c1-3-4-5-6-10-7-9-8(2)11-9/h8-9H,3-7H2,1-2H3. The first kappa shape index (κ1) is 9.01. The number of hydrogen-bond donors (Lipinski definition) is 0. The van der Waals surface area contributed by atoms with E-state index in [1.54, 1.807) is 0 Å². The zero-order chi connectivity index (χ0) is 8.10. The van der Waals surface area contributed by atoms with Crippen molar-refractivity contribution in [3.05, 3.63) is 0 Å². The summed E-state index contributed by atoms with van der Waals surface area (Å²) in [4.78, 5) is 0. The molecule has 1 heterocycles. The van der Waals surface area contributed by atoms with Crippen molar-refractivity contribution in [1.82, 2.24) is 0 Å². The summed E-state index contributed by atoms with van der Waals surface area (Å²) in [5.74, 6) is 0. The smallest absolute Gasteiger partial charge is 0.107 e. The van der Waals surface area contributed by atoms with Gasteiger partial charge < -0.3 is 9.47 Å². The summed E-state index contributed by atoms with van der Waals surface area (Å²) in [7, 11) is 0. The number of rotatable bonds is 6. The average Bonchev–Trinajstić information content (AvgIpc) is 2.67. The lowest BCUT2D eigenvalue weighted by Gasteiger charge is -1.99. The van der Waals surface area contributed by atoms with Gasteiger partial charge in [-0.15, -0.1) is 0 Å². The zero-order valence-corrected chi connectivity index (χ0v) is 7.51. The fourth-order valence-corrected chi connectivity index (χ4v) is 1.06. The van der Waals surface area contributed by atoms with Crippen molar-refractivity contribution in [2.45, 2.75) is 45.3 Å². The molecular weight excluding hydrogens is 140 g/mol. The molecule has 66 valence electrons. The Morgan fingerprint density at radius 3 is 2.64 bits per heavy atom. The molecule has 0 saturated carbocycles. The predicted octanol–water partition coefficient (Wildman–Crippen LogP) is 1.98. The molecule has 1 aliphatic heterocycles. The van der Waals surface area contributed by atoms with Gasteiger partial charge in [0.05, 0.1) is 12.7 Å². The summed E-state index contributed by atoms with van der Waals surface area (Å²) >= 11 is 0. The summed E-state index contributed by atoms with van der Waals surface area (Å²) in [5.41, 5.74) is 0. The van der Waals surface area contributed by atoms with Gasteiger partial charge in [-0.3, -0.25) is 0 Å². The largest absolute Gasteiger partial charge is 0.379 e. The quantitative estimate of drug-likeness (QED) is 0.435. The molecule has 2 unspecified atom stereocenters. The van der Waals surface area contributed by atoms with E-state index < -0.39 is 0 Å². The van der Waals surface area contributed by atoms with Gasteiger partial charge in [-0.2, -0.15) is 0 Å². The van der Waals surface area contributed by atoms with Crippen LogP contribution in [0, 0.1) is 0 Å². The van der Waals surface area contributed by atoms with Gasteiger partial charge in [0, 0.05) is 6.61 Å². The molecule has 2 atom stereocenters. The van der Waals surface area contributed by atoms with Gasteiger partial charge in [-0.25, -0.2) is 0 Å². The van der Waals surface area contributed by atoms with Crippen LogP contribution in [0.3, 0.4) is 0 Å². The molecular formula is C9H18O2. The summed E-state index contributed by atoms with van der Waals surface area (Å²) < 4.78 is 10.6. The van der Waals surface area contributed by atoms with E-state index in [9.17, 15) is 0 Å². The summed E-state index contributed by atoms with van der Waals surface area (Å²) in [6, 6.07) is 0. The van der Waals surface area contributed by atoms with Crippen molar-refractivity contribution in [2.24, 2.45) is 0 Å². The van der Waals surface area contributed by atoms with Crippen LogP contribution in [0.15, 0.2) is 0 Å². The van der Waals surface area contributed by atoms with Crippen LogP contribution in [0.4, 0.5) is 0 Å². The van der Waals surface area contributed by atoms with Gasteiger partial charge >= 0.3 is 0 Å². The molecule has 0 spiro atoms. The van der Waals surface area contributed by atoms with Crippen LogP contribution in [-0.2, 0) is 9.47 Å². The molecule has 0 amide bonds. The number of unbranched alkanes of at least 4 members (excludes halogenated alkanes) is 2. The Morgan fingerprint density at radius 2 is 2.09 bits per heavy atom. The van der Waals surface area contributed by atoms with Crippen LogP contribution >= 0.6 is 0 Å². The minimum absolute atomic E-state index is 0.400. The first-order valence-corrected chi connectivity index (χ1v) is 4.57. The third-order valence-corrected chi connectivity index (χ3v) is 2.01. The second-order valence-corrected chi connectivity index (χ2v) is 3.16. The van der Waals surface area contributed by atoms with Crippen LogP contribution in [-0.4, -0.2) is 25.4 Å². The maximum Gasteiger partial charge on any atom is 0.107 e. The van der Waals surface area contributed by atoms with Gasteiger partial charge in [0.25, 0.3) is 0 Å².